The normalized spacial score (nSPS) is 17.0. The molecule has 0 heterocycles. The maximum atomic E-state index is 5.99. The molecule has 0 atom stereocenters. The summed E-state index contributed by atoms with van der Waals surface area (Å²) in [5.41, 5.74) is 1.20. The van der Waals surface area contributed by atoms with E-state index in [1.54, 1.807) is 0 Å². The van der Waals surface area contributed by atoms with Gasteiger partial charge in [0.25, 0.3) is 0 Å². The van der Waals surface area contributed by atoms with E-state index in [2.05, 4.69) is 5.32 Å². The molecular formula is C15H21Cl2N. The van der Waals surface area contributed by atoms with Crippen molar-refractivity contribution in [2.75, 3.05) is 6.54 Å². The Morgan fingerprint density at radius 2 is 1.83 bits per heavy atom. The Hall–Kier alpha value is -0.240. The Kier molecular flexibility index (Phi) is 5.81. The summed E-state index contributed by atoms with van der Waals surface area (Å²) >= 11 is 11.9. The van der Waals surface area contributed by atoms with Crippen LogP contribution in [0.5, 0.6) is 0 Å². The number of benzene rings is 1. The molecule has 0 saturated heterocycles. The fraction of sp³-hybridized carbons (Fsp3) is 0.600. The first-order chi connectivity index (χ1) is 8.75. The lowest BCUT2D eigenvalue weighted by molar-refractivity contribution is 0.334. The molecule has 0 aromatic heterocycles. The van der Waals surface area contributed by atoms with Crippen molar-refractivity contribution in [3.63, 3.8) is 0 Å². The van der Waals surface area contributed by atoms with E-state index in [0.717, 1.165) is 19.0 Å². The summed E-state index contributed by atoms with van der Waals surface area (Å²) in [5.74, 6) is 0.944. The number of hydrogen-bond acceptors (Lipinski definition) is 1. The molecule has 18 heavy (non-hydrogen) atoms. The maximum absolute atomic E-state index is 5.99. The molecule has 1 aliphatic rings. The summed E-state index contributed by atoms with van der Waals surface area (Å²) in [7, 11) is 0. The Morgan fingerprint density at radius 3 is 2.56 bits per heavy atom. The third kappa shape index (κ3) is 4.46. The molecule has 1 fully saturated rings. The minimum Gasteiger partial charge on any atom is -0.313 e. The molecule has 0 aliphatic heterocycles. The molecule has 100 valence electrons. The topological polar surface area (TPSA) is 12.0 Å². The second-order valence-corrected chi connectivity index (χ2v) is 6.03. The second-order valence-electron chi connectivity index (χ2n) is 5.22. The van der Waals surface area contributed by atoms with Gasteiger partial charge in [-0.05, 0) is 36.6 Å². The third-order valence-electron chi connectivity index (χ3n) is 3.77. The van der Waals surface area contributed by atoms with Gasteiger partial charge < -0.3 is 5.32 Å². The molecule has 2 rings (SSSR count). The lowest BCUT2D eigenvalue weighted by Crippen LogP contribution is -2.19. The van der Waals surface area contributed by atoms with Gasteiger partial charge in [0.1, 0.15) is 0 Å². The highest BCUT2D eigenvalue weighted by Gasteiger charge is 2.12. The number of rotatable bonds is 5. The highest BCUT2D eigenvalue weighted by molar-refractivity contribution is 6.42. The molecular weight excluding hydrogens is 265 g/mol. The quantitative estimate of drug-likeness (QED) is 0.746. The van der Waals surface area contributed by atoms with Crippen LogP contribution in [0.25, 0.3) is 0 Å². The lowest BCUT2D eigenvalue weighted by atomic mass is 9.87. The minimum absolute atomic E-state index is 0.627. The highest BCUT2D eigenvalue weighted by Crippen LogP contribution is 2.26. The summed E-state index contributed by atoms with van der Waals surface area (Å²) in [5, 5.41) is 4.76. The summed E-state index contributed by atoms with van der Waals surface area (Å²) in [6.07, 6.45) is 8.45. The number of hydrogen-bond donors (Lipinski definition) is 1. The van der Waals surface area contributed by atoms with Gasteiger partial charge in [-0.3, -0.25) is 0 Å². The Balaban J connectivity index is 1.66. The van der Waals surface area contributed by atoms with Crippen molar-refractivity contribution < 1.29 is 0 Å². The van der Waals surface area contributed by atoms with Gasteiger partial charge >= 0.3 is 0 Å². The van der Waals surface area contributed by atoms with Crippen LogP contribution in [0.3, 0.4) is 0 Å². The molecule has 0 radical (unpaired) electrons. The van der Waals surface area contributed by atoms with Crippen LogP contribution in [0.4, 0.5) is 0 Å². The highest BCUT2D eigenvalue weighted by atomic mass is 35.5. The van der Waals surface area contributed by atoms with Crippen LogP contribution in [0.1, 0.15) is 44.1 Å². The zero-order valence-corrected chi connectivity index (χ0v) is 12.2. The van der Waals surface area contributed by atoms with Gasteiger partial charge in [-0.1, -0.05) is 61.4 Å². The van der Waals surface area contributed by atoms with Crippen molar-refractivity contribution in [2.24, 2.45) is 5.92 Å². The van der Waals surface area contributed by atoms with Crippen molar-refractivity contribution in [3.05, 3.63) is 33.8 Å². The summed E-state index contributed by atoms with van der Waals surface area (Å²) in [4.78, 5) is 0. The standard InChI is InChI=1S/C15H21Cl2N/c16-14-7-6-13(10-15(14)17)11-18-9-8-12-4-2-1-3-5-12/h6-7,10,12,18H,1-5,8-9,11H2. The van der Waals surface area contributed by atoms with E-state index < -0.39 is 0 Å². The molecule has 0 amide bonds. The average Bonchev–Trinajstić information content (AvgIpc) is 2.40. The average molecular weight is 286 g/mol. The van der Waals surface area contributed by atoms with Crippen molar-refractivity contribution in [2.45, 2.75) is 45.1 Å². The summed E-state index contributed by atoms with van der Waals surface area (Å²) in [6, 6.07) is 5.83. The molecule has 0 unspecified atom stereocenters. The first kappa shape index (κ1) is 14.2. The van der Waals surface area contributed by atoms with Crippen LogP contribution in [-0.4, -0.2) is 6.54 Å². The fourth-order valence-corrected chi connectivity index (χ4v) is 2.99. The molecule has 0 spiro atoms. The smallest absolute Gasteiger partial charge is 0.0595 e. The van der Waals surface area contributed by atoms with Crippen LogP contribution >= 0.6 is 23.2 Å². The zero-order chi connectivity index (χ0) is 12.8. The van der Waals surface area contributed by atoms with E-state index >= 15 is 0 Å². The predicted octanol–water partition coefficient (Wildman–Crippen LogP) is 5.05. The molecule has 0 bridgehead atoms. The third-order valence-corrected chi connectivity index (χ3v) is 4.51. The number of nitrogens with one attached hydrogen (secondary N) is 1. The molecule has 1 aromatic carbocycles. The Labute approximate surface area is 120 Å². The van der Waals surface area contributed by atoms with Gasteiger partial charge in [0, 0.05) is 6.54 Å². The largest absolute Gasteiger partial charge is 0.313 e. The molecule has 3 heteroatoms. The van der Waals surface area contributed by atoms with Gasteiger partial charge in [-0.25, -0.2) is 0 Å². The van der Waals surface area contributed by atoms with Crippen LogP contribution < -0.4 is 5.32 Å². The van der Waals surface area contributed by atoms with Gasteiger partial charge in [-0.15, -0.1) is 0 Å². The van der Waals surface area contributed by atoms with Gasteiger partial charge in [-0.2, -0.15) is 0 Å². The van der Waals surface area contributed by atoms with E-state index in [1.165, 1.54) is 44.1 Å². The number of halogens is 2. The van der Waals surface area contributed by atoms with Crippen molar-refractivity contribution in [1.82, 2.24) is 5.32 Å². The molecule has 1 nitrogen and oxygen atoms in total. The molecule has 1 aromatic rings. The van der Waals surface area contributed by atoms with Gasteiger partial charge in [0.2, 0.25) is 0 Å². The van der Waals surface area contributed by atoms with Crippen LogP contribution in [0.15, 0.2) is 18.2 Å². The zero-order valence-electron chi connectivity index (χ0n) is 10.7. The molecule has 1 N–H and O–H groups in total. The van der Waals surface area contributed by atoms with Gasteiger partial charge in [0.15, 0.2) is 0 Å². The first-order valence-electron chi connectivity index (χ1n) is 6.90. The summed E-state index contributed by atoms with van der Waals surface area (Å²) in [6.45, 7) is 1.98. The van der Waals surface area contributed by atoms with Crippen LogP contribution in [-0.2, 0) is 6.54 Å². The summed E-state index contributed by atoms with van der Waals surface area (Å²) < 4.78 is 0. The van der Waals surface area contributed by atoms with E-state index in [0.29, 0.717) is 10.0 Å². The van der Waals surface area contributed by atoms with Crippen molar-refractivity contribution in [1.29, 1.82) is 0 Å². The Morgan fingerprint density at radius 1 is 1.06 bits per heavy atom. The van der Waals surface area contributed by atoms with E-state index in [4.69, 9.17) is 23.2 Å². The first-order valence-corrected chi connectivity index (χ1v) is 7.66. The maximum Gasteiger partial charge on any atom is 0.0595 e. The van der Waals surface area contributed by atoms with Crippen LogP contribution in [0.2, 0.25) is 10.0 Å². The van der Waals surface area contributed by atoms with Gasteiger partial charge in [0.05, 0.1) is 10.0 Å². The Bertz CT molecular complexity index is 373. The van der Waals surface area contributed by atoms with E-state index in [9.17, 15) is 0 Å². The molecule has 1 saturated carbocycles. The van der Waals surface area contributed by atoms with Crippen LogP contribution in [0, 0.1) is 5.92 Å². The van der Waals surface area contributed by atoms with E-state index in [-0.39, 0.29) is 0 Å². The predicted molar refractivity (Wildman–Crippen MR) is 79.4 cm³/mol. The second kappa shape index (κ2) is 7.37. The lowest BCUT2D eigenvalue weighted by Gasteiger charge is -2.21. The van der Waals surface area contributed by atoms with Crippen molar-refractivity contribution >= 4 is 23.2 Å². The monoisotopic (exact) mass is 285 g/mol. The SMILES string of the molecule is Clc1ccc(CNCCC2CCCCC2)cc1Cl. The van der Waals surface area contributed by atoms with Crippen molar-refractivity contribution in [3.8, 4) is 0 Å². The molecule has 1 aliphatic carbocycles. The minimum atomic E-state index is 0.627. The van der Waals surface area contributed by atoms with E-state index in [1.807, 2.05) is 18.2 Å². The fourth-order valence-electron chi connectivity index (χ4n) is 2.66.